The largest absolute Gasteiger partial charge is 0.429 e. The Hall–Kier alpha value is -2.90. The molecule has 0 unspecified atom stereocenters. The van der Waals surface area contributed by atoms with Crippen molar-refractivity contribution >= 4 is 28.3 Å². The summed E-state index contributed by atoms with van der Waals surface area (Å²) < 4.78 is 78.9. The third-order valence-electron chi connectivity index (χ3n) is 4.35. The molecule has 0 spiro atoms. The van der Waals surface area contributed by atoms with Crippen LogP contribution in [-0.4, -0.2) is 17.8 Å². The van der Waals surface area contributed by atoms with Crippen LogP contribution in [-0.2, 0) is 0 Å². The van der Waals surface area contributed by atoms with Crippen molar-refractivity contribution < 1.29 is 26.3 Å². The van der Waals surface area contributed by atoms with E-state index in [1.54, 1.807) is 91.0 Å². The lowest BCUT2D eigenvalue weighted by atomic mass is 10.3. The molecule has 3 aromatic carbocycles. The second kappa shape index (κ2) is 8.45. The minimum absolute atomic E-state index is 0.568. The molecule has 0 aliphatic rings. The van der Waals surface area contributed by atoms with Gasteiger partial charge in [0.25, 0.3) is 0 Å². The van der Waals surface area contributed by atoms with Gasteiger partial charge < -0.3 is 0 Å². The Labute approximate surface area is 169 Å². The summed E-state index contributed by atoms with van der Waals surface area (Å²) in [6, 6.07) is 25.4. The second-order valence-corrected chi connectivity index (χ2v) is 9.40. The average Bonchev–Trinajstić information content (AvgIpc) is 2.71. The molecule has 30 heavy (non-hydrogen) atoms. The van der Waals surface area contributed by atoms with Crippen molar-refractivity contribution in [1.82, 2.24) is 0 Å². The minimum atomic E-state index is -5.61. The SMILES string of the molecule is FC(F)(F)C(=C=C=P(c1ccccc1)(c1ccccc1)c1ccccc1)C(F)(F)F. The first-order valence-electron chi connectivity index (χ1n) is 8.76. The zero-order valence-corrected chi connectivity index (χ0v) is 16.3. The number of benzene rings is 3. The molecule has 0 amide bonds. The standard InChI is InChI=1S/C23H15F6P/c24-22(25,26)21(23(27,28)29)16-17-30(18-10-4-1-5-11-18,19-12-6-2-7-13-19)20-14-8-3-9-15-20/h1-15H. The lowest BCUT2D eigenvalue weighted by molar-refractivity contribution is -0.171. The molecule has 0 radical (unpaired) electrons. The highest BCUT2D eigenvalue weighted by atomic mass is 31.2. The van der Waals surface area contributed by atoms with Gasteiger partial charge in [-0.15, -0.1) is 0 Å². The fourth-order valence-corrected chi connectivity index (χ4v) is 6.46. The third-order valence-corrected chi connectivity index (χ3v) is 8.01. The van der Waals surface area contributed by atoms with Crippen LogP contribution in [0.1, 0.15) is 0 Å². The molecule has 0 fully saturated rings. The molecule has 3 rings (SSSR count). The van der Waals surface area contributed by atoms with Gasteiger partial charge in [0.2, 0.25) is 0 Å². The van der Waals surface area contributed by atoms with E-state index in [1.165, 1.54) is 5.73 Å². The van der Waals surface area contributed by atoms with Gasteiger partial charge in [-0.1, -0.05) is 102 Å². The Bertz CT molecular complexity index is 998. The molecule has 0 aliphatic carbocycles. The second-order valence-electron chi connectivity index (χ2n) is 6.28. The first-order valence-corrected chi connectivity index (χ1v) is 10.5. The van der Waals surface area contributed by atoms with Crippen LogP contribution in [0.3, 0.4) is 0 Å². The van der Waals surface area contributed by atoms with Gasteiger partial charge >= 0.3 is 12.4 Å². The summed E-state index contributed by atoms with van der Waals surface area (Å²) in [6.45, 7) is -3.13. The van der Waals surface area contributed by atoms with Crippen molar-refractivity contribution in [3.8, 4) is 0 Å². The smallest absolute Gasteiger partial charge is 0.165 e. The van der Waals surface area contributed by atoms with Crippen molar-refractivity contribution in [2.45, 2.75) is 12.4 Å². The van der Waals surface area contributed by atoms with E-state index in [-0.39, 0.29) is 0 Å². The van der Waals surface area contributed by atoms with E-state index >= 15 is 0 Å². The van der Waals surface area contributed by atoms with Crippen LogP contribution in [0.25, 0.3) is 0 Å². The molecular formula is C23H15F6P. The van der Waals surface area contributed by atoms with E-state index in [1.807, 2.05) is 0 Å². The number of allylic oxidation sites excluding steroid dienone is 1. The number of alkyl halides is 6. The van der Waals surface area contributed by atoms with Crippen LogP contribution in [0.15, 0.2) is 102 Å². The normalized spacial score (nSPS) is 12.1. The van der Waals surface area contributed by atoms with Crippen molar-refractivity contribution in [1.29, 1.82) is 0 Å². The highest BCUT2D eigenvalue weighted by Crippen LogP contribution is 2.43. The Balaban J connectivity index is 2.63. The average molecular weight is 436 g/mol. The lowest BCUT2D eigenvalue weighted by Gasteiger charge is -2.25. The lowest BCUT2D eigenvalue weighted by Crippen LogP contribution is -2.27. The predicted molar refractivity (Wildman–Crippen MR) is 109 cm³/mol. The molecule has 7 heteroatoms. The van der Waals surface area contributed by atoms with Gasteiger partial charge in [0, 0.05) is 6.89 Å². The molecule has 0 aromatic heterocycles. The summed E-state index contributed by atoms with van der Waals surface area (Å²) in [7, 11) is 0. The quantitative estimate of drug-likeness (QED) is 0.285. The van der Waals surface area contributed by atoms with Crippen LogP contribution in [0.4, 0.5) is 26.3 Å². The maximum absolute atomic E-state index is 13.2. The highest BCUT2D eigenvalue weighted by Gasteiger charge is 2.51. The van der Waals surface area contributed by atoms with Crippen LogP contribution in [0.2, 0.25) is 0 Å². The Morgan fingerprint density at radius 3 is 1.10 bits per heavy atom. The number of halogens is 6. The maximum Gasteiger partial charge on any atom is 0.429 e. The molecule has 0 N–H and O–H groups in total. The minimum Gasteiger partial charge on any atom is -0.165 e. The monoisotopic (exact) mass is 436 g/mol. The van der Waals surface area contributed by atoms with E-state index in [9.17, 15) is 26.3 Å². The molecule has 154 valence electrons. The van der Waals surface area contributed by atoms with Crippen LogP contribution in [0.5, 0.6) is 0 Å². The van der Waals surface area contributed by atoms with Gasteiger partial charge in [-0.3, -0.25) is 0 Å². The van der Waals surface area contributed by atoms with Crippen molar-refractivity contribution in [2.24, 2.45) is 0 Å². The van der Waals surface area contributed by atoms with Crippen LogP contribution < -0.4 is 15.9 Å². The summed E-state index contributed by atoms with van der Waals surface area (Å²) in [5, 5.41) is 1.70. The molecule has 0 aliphatic heterocycles. The summed E-state index contributed by atoms with van der Waals surface area (Å²) in [5.41, 5.74) is 1.28. The predicted octanol–water partition coefficient (Wildman–Crippen LogP) is 5.59. The van der Waals surface area contributed by atoms with Crippen molar-refractivity contribution in [3.05, 3.63) is 102 Å². The fourth-order valence-electron chi connectivity index (χ4n) is 3.04. The summed E-state index contributed by atoms with van der Waals surface area (Å²) in [4.78, 5) is 0. The topological polar surface area (TPSA) is 0 Å². The highest BCUT2D eigenvalue weighted by molar-refractivity contribution is 7.94. The summed E-state index contributed by atoms with van der Waals surface area (Å²) in [5.74, 6) is 0. The molecule has 0 saturated carbocycles. The molecule has 0 saturated heterocycles. The molecule has 0 nitrogen and oxygen atoms in total. The van der Waals surface area contributed by atoms with E-state index in [0.29, 0.717) is 15.9 Å². The Morgan fingerprint density at radius 2 is 0.833 bits per heavy atom. The van der Waals surface area contributed by atoms with E-state index in [4.69, 9.17) is 0 Å². The van der Waals surface area contributed by atoms with Gasteiger partial charge in [0.15, 0.2) is 5.57 Å². The number of rotatable bonds is 3. The van der Waals surface area contributed by atoms with E-state index in [2.05, 4.69) is 5.45 Å². The van der Waals surface area contributed by atoms with E-state index in [0.717, 1.165) is 0 Å². The van der Waals surface area contributed by atoms with Crippen LogP contribution >= 0.6 is 6.89 Å². The zero-order valence-electron chi connectivity index (χ0n) is 15.4. The molecule has 3 aromatic rings. The first-order chi connectivity index (χ1) is 14.2. The Kier molecular flexibility index (Phi) is 6.14. The maximum atomic E-state index is 13.2. The van der Waals surface area contributed by atoms with Gasteiger partial charge in [0.05, 0.1) is 0 Å². The number of hydrogen-bond donors (Lipinski definition) is 0. The van der Waals surface area contributed by atoms with Gasteiger partial charge in [-0.25, -0.2) is 0 Å². The van der Waals surface area contributed by atoms with Crippen molar-refractivity contribution in [2.75, 3.05) is 0 Å². The third kappa shape index (κ3) is 4.47. The van der Waals surface area contributed by atoms with Gasteiger partial charge in [-0.05, 0) is 15.9 Å². The Morgan fingerprint density at radius 1 is 0.533 bits per heavy atom. The van der Waals surface area contributed by atoms with E-state index < -0.39 is 24.8 Å². The van der Waals surface area contributed by atoms with Crippen LogP contribution in [0, 0.1) is 0 Å². The summed E-state index contributed by atoms with van der Waals surface area (Å²) >= 11 is 0. The zero-order chi connectivity index (χ0) is 21.8. The first kappa shape index (κ1) is 21.8. The van der Waals surface area contributed by atoms with Gasteiger partial charge in [-0.2, -0.15) is 26.3 Å². The fraction of sp³-hybridized carbons (Fsp3) is 0.0870. The van der Waals surface area contributed by atoms with Crippen molar-refractivity contribution in [3.63, 3.8) is 0 Å². The molecule has 0 heterocycles. The molecule has 0 bridgehead atoms. The molecule has 0 atom stereocenters. The van der Waals surface area contributed by atoms with Gasteiger partial charge in [0.1, 0.15) is 0 Å². The summed E-state index contributed by atoms with van der Waals surface area (Å²) in [6.07, 6.45) is -11.2. The molecular weight excluding hydrogens is 421 g/mol. The number of hydrogen-bond acceptors (Lipinski definition) is 0.